The second-order valence-corrected chi connectivity index (χ2v) is 5.32. The van der Waals surface area contributed by atoms with Crippen LogP contribution in [-0.2, 0) is 0 Å². The number of aromatic hydroxyl groups is 1. The maximum atomic E-state index is 10.2. The number of hydrogen-bond donors (Lipinski definition) is 2. The van der Waals surface area contributed by atoms with Crippen molar-refractivity contribution in [3.05, 3.63) is 40.9 Å². The minimum absolute atomic E-state index is 0.414. The summed E-state index contributed by atoms with van der Waals surface area (Å²) in [6.07, 6.45) is 2.16. The first-order valence-corrected chi connectivity index (χ1v) is 6.75. The topological polar surface area (TPSA) is 32.3 Å². The first-order chi connectivity index (χ1) is 8.75. The minimum atomic E-state index is 0.414. The van der Waals surface area contributed by atoms with Gasteiger partial charge >= 0.3 is 0 Å². The van der Waals surface area contributed by atoms with E-state index < -0.39 is 0 Å². The fraction of sp³-hybridized carbons (Fsp3) is 0.333. The number of phenolic OH excluding ortho intramolecular Hbond substituents is 1. The molecule has 1 fully saturated rings. The number of fused-ring (bicyclic) bond motifs is 1. The maximum Gasteiger partial charge on any atom is 0.119 e. The predicted octanol–water partition coefficient (Wildman–Crippen LogP) is 3.67. The van der Waals surface area contributed by atoms with Crippen molar-refractivity contribution in [2.45, 2.75) is 18.8 Å². The number of rotatable bonds is 1. The Bertz CT molecular complexity index is 576. The molecule has 2 aromatic carbocycles. The molecule has 2 nitrogen and oxygen atoms in total. The number of halogens is 1. The average molecular weight is 262 g/mol. The summed E-state index contributed by atoms with van der Waals surface area (Å²) in [5.74, 6) is 0.854. The highest BCUT2D eigenvalue weighted by Gasteiger charge is 2.20. The van der Waals surface area contributed by atoms with Gasteiger partial charge in [0.25, 0.3) is 0 Å². The summed E-state index contributed by atoms with van der Waals surface area (Å²) in [5.41, 5.74) is 1.09. The van der Waals surface area contributed by atoms with Gasteiger partial charge in [0.15, 0.2) is 0 Å². The van der Waals surface area contributed by atoms with E-state index in [1.54, 1.807) is 6.07 Å². The molecule has 0 amide bonds. The quantitative estimate of drug-likeness (QED) is 0.821. The molecule has 1 aliphatic rings. The van der Waals surface area contributed by atoms with E-state index in [-0.39, 0.29) is 0 Å². The summed E-state index contributed by atoms with van der Waals surface area (Å²) < 4.78 is 0. The molecule has 0 saturated carbocycles. The second kappa shape index (κ2) is 4.79. The van der Waals surface area contributed by atoms with Crippen molar-refractivity contribution in [2.75, 3.05) is 13.1 Å². The molecule has 0 spiro atoms. The summed E-state index contributed by atoms with van der Waals surface area (Å²) in [5, 5.41) is 16.5. The van der Waals surface area contributed by atoms with Crippen molar-refractivity contribution in [3.8, 4) is 5.75 Å². The number of phenols is 1. The van der Waals surface area contributed by atoms with E-state index in [0.29, 0.717) is 11.7 Å². The molecule has 1 saturated heterocycles. The van der Waals surface area contributed by atoms with Crippen LogP contribution in [0, 0.1) is 0 Å². The van der Waals surface area contributed by atoms with E-state index in [1.807, 2.05) is 24.3 Å². The van der Waals surface area contributed by atoms with E-state index >= 15 is 0 Å². The molecular weight excluding hydrogens is 246 g/mol. The molecule has 0 bridgehead atoms. The molecule has 0 aliphatic carbocycles. The first-order valence-electron chi connectivity index (χ1n) is 6.37. The second-order valence-electron chi connectivity index (χ2n) is 4.89. The highest BCUT2D eigenvalue weighted by Crippen LogP contribution is 2.38. The smallest absolute Gasteiger partial charge is 0.119 e. The van der Waals surface area contributed by atoms with Crippen LogP contribution in [0.15, 0.2) is 30.3 Å². The maximum absolute atomic E-state index is 10.2. The van der Waals surface area contributed by atoms with Gasteiger partial charge in [-0.2, -0.15) is 0 Å². The van der Waals surface area contributed by atoms with Crippen molar-refractivity contribution in [3.63, 3.8) is 0 Å². The molecule has 94 valence electrons. The third-order valence-electron chi connectivity index (χ3n) is 3.75. The Hall–Kier alpha value is -1.25. The molecule has 2 aromatic rings. The van der Waals surface area contributed by atoms with E-state index in [0.717, 1.165) is 47.3 Å². The van der Waals surface area contributed by atoms with Gasteiger partial charge in [-0.1, -0.05) is 23.7 Å². The lowest BCUT2D eigenvalue weighted by molar-refractivity contribution is 0.427. The van der Waals surface area contributed by atoms with E-state index in [2.05, 4.69) is 5.32 Å². The third-order valence-corrected chi connectivity index (χ3v) is 3.98. The highest BCUT2D eigenvalue weighted by atomic mass is 35.5. The van der Waals surface area contributed by atoms with Gasteiger partial charge in [-0.05, 0) is 60.8 Å². The van der Waals surface area contributed by atoms with Gasteiger partial charge in [-0.15, -0.1) is 0 Å². The summed E-state index contributed by atoms with van der Waals surface area (Å²) in [7, 11) is 0. The lowest BCUT2D eigenvalue weighted by atomic mass is 9.86. The SMILES string of the molecule is Oc1ccc2cc(Cl)ccc2c1C1CCNCC1. The summed E-state index contributed by atoms with van der Waals surface area (Å²) in [4.78, 5) is 0. The summed E-state index contributed by atoms with van der Waals surface area (Å²) in [6.45, 7) is 2.04. The average Bonchev–Trinajstić information content (AvgIpc) is 2.40. The van der Waals surface area contributed by atoms with Gasteiger partial charge < -0.3 is 10.4 Å². The molecule has 3 rings (SSSR count). The van der Waals surface area contributed by atoms with E-state index in [4.69, 9.17) is 11.6 Å². The standard InChI is InChI=1S/C15H16ClNO/c16-12-2-3-13-11(9-12)1-4-14(18)15(13)10-5-7-17-8-6-10/h1-4,9-10,17-18H,5-8H2. The number of nitrogens with one attached hydrogen (secondary N) is 1. The van der Waals surface area contributed by atoms with Crippen LogP contribution in [0.3, 0.4) is 0 Å². The van der Waals surface area contributed by atoms with Crippen LogP contribution < -0.4 is 5.32 Å². The molecule has 0 atom stereocenters. The molecular formula is C15H16ClNO. The summed E-state index contributed by atoms with van der Waals surface area (Å²) >= 11 is 6.02. The normalized spacial score (nSPS) is 17.2. The Labute approximate surface area is 112 Å². The number of benzene rings is 2. The molecule has 18 heavy (non-hydrogen) atoms. The Kier molecular flexibility index (Phi) is 3.14. The Morgan fingerprint density at radius 1 is 1.11 bits per heavy atom. The van der Waals surface area contributed by atoms with Crippen molar-refractivity contribution in [2.24, 2.45) is 0 Å². The third kappa shape index (κ3) is 2.06. The van der Waals surface area contributed by atoms with Crippen molar-refractivity contribution >= 4 is 22.4 Å². The van der Waals surface area contributed by atoms with E-state index in [1.165, 1.54) is 0 Å². The largest absolute Gasteiger partial charge is 0.508 e. The van der Waals surface area contributed by atoms with E-state index in [9.17, 15) is 5.11 Å². The molecule has 0 unspecified atom stereocenters. The first kappa shape index (κ1) is 11.8. The molecule has 2 N–H and O–H groups in total. The zero-order valence-electron chi connectivity index (χ0n) is 10.1. The Morgan fingerprint density at radius 3 is 2.67 bits per heavy atom. The lowest BCUT2D eigenvalue weighted by Crippen LogP contribution is -2.26. The zero-order valence-corrected chi connectivity index (χ0v) is 10.9. The van der Waals surface area contributed by atoms with Gasteiger partial charge in [0.1, 0.15) is 5.75 Å². The molecule has 1 heterocycles. The van der Waals surface area contributed by atoms with Crippen LogP contribution in [0.2, 0.25) is 5.02 Å². The Balaban J connectivity index is 2.16. The lowest BCUT2D eigenvalue weighted by Gasteiger charge is -2.25. The molecule has 0 aromatic heterocycles. The fourth-order valence-electron chi connectivity index (χ4n) is 2.85. The Morgan fingerprint density at radius 2 is 1.89 bits per heavy atom. The van der Waals surface area contributed by atoms with Gasteiger partial charge in [-0.25, -0.2) is 0 Å². The van der Waals surface area contributed by atoms with Gasteiger partial charge in [-0.3, -0.25) is 0 Å². The van der Waals surface area contributed by atoms with Gasteiger partial charge in [0.2, 0.25) is 0 Å². The van der Waals surface area contributed by atoms with Crippen LogP contribution in [-0.4, -0.2) is 18.2 Å². The van der Waals surface area contributed by atoms with Gasteiger partial charge in [0, 0.05) is 10.6 Å². The van der Waals surface area contributed by atoms with Crippen molar-refractivity contribution in [1.82, 2.24) is 5.32 Å². The zero-order chi connectivity index (χ0) is 12.5. The van der Waals surface area contributed by atoms with Crippen LogP contribution in [0.5, 0.6) is 5.75 Å². The molecule has 0 radical (unpaired) electrons. The van der Waals surface area contributed by atoms with Gasteiger partial charge in [0.05, 0.1) is 0 Å². The van der Waals surface area contributed by atoms with Crippen LogP contribution in [0.25, 0.3) is 10.8 Å². The predicted molar refractivity (Wildman–Crippen MR) is 75.5 cm³/mol. The highest BCUT2D eigenvalue weighted by molar-refractivity contribution is 6.31. The van der Waals surface area contributed by atoms with Crippen molar-refractivity contribution < 1.29 is 5.11 Å². The number of hydrogen-bond acceptors (Lipinski definition) is 2. The van der Waals surface area contributed by atoms with Crippen LogP contribution >= 0.6 is 11.6 Å². The minimum Gasteiger partial charge on any atom is -0.508 e. The van der Waals surface area contributed by atoms with Crippen LogP contribution in [0.4, 0.5) is 0 Å². The molecule has 3 heteroatoms. The van der Waals surface area contributed by atoms with Crippen molar-refractivity contribution in [1.29, 1.82) is 0 Å². The number of piperidine rings is 1. The molecule has 1 aliphatic heterocycles. The monoisotopic (exact) mass is 261 g/mol. The van der Waals surface area contributed by atoms with Crippen LogP contribution in [0.1, 0.15) is 24.3 Å². The summed E-state index contributed by atoms with van der Waals surface area (Å²) in [6, 6.07) is 9.60. The fourth-order valence-corrected chi connectivity index (χ4v) is 3.03.